The molecule has 0 aromatic heterocycles. The van der Waals surface area contributed by atoms with Gasteiger partial charge in [0.15, 0.2) is 0 Å². The van der Waals surface area contributed by atoms with Crippen molar-refractivity contribution in [2.24, 2.45) is 5.92 Å². The van der Waals surface area contributed by atoms with Crippen LogP contribution in [0.4, 0.5) is 0 Å². The molecule has 1 heteroatoms. The first-order valence-electron chi connectivity index (χ1n) is 7.01. The standard InChI is InChI=1S/C16H25N/c1-4-16(15-7-5-13(2)6-8-15)17-11-9-14(3)10-12-17/h5-8,14,16H,4,9-12H2,1-3H3. The molecule has 94 valence electrons. The second-order valence-electron chi connectivity index (χ2n) is 5.55. The molecule has 0 saturated carbocycles. The zero-order chi connectivity index (χ0) is 12.3. The summed E-state index contributed by atoms with van der Waals surface area (Å²) in [4.78, 5) is 2.67. The van der Waals surface area contributed by atoms with Gasteiger partial charge in [-0.2, -0.15) is 0 Å². The first kappa shape index (κ1) is 12.6. The van der Waals surface area contributed by atoms with Crippen molar-refractivity contribution >= 4 is 0 Å². The summed E-state index contributed by atoms with van der Waals surface area (Å²) in [5.41, 5.74) is 2.85. The van der Waals surface area contributed by atoms with Gasteiger partial charge in [0.2, 0.25) is 0 Å². The van der Waals surface area contributed by atoms with Crippen molar-refractivity contribution in [1.29, 1.82) is 0 Å². The molecule has 1 aliphatic heterocycles. The zero-order valence-corrected chi connectivity index (χ0v) is 11.4. The Balaban J connectivity index is 2.08. The first-order chi connectivity index (χ1) is 8.20. The number of hydrogen-bond acceptors (Lipinski definition) is 1. The van der Waals surface area contributed by atoms with E-state index in [2.05, 4.69) is 49.9 Å². The minimum atomic E-state index is 0.628. The smallest absolute Gasteiger partial charge is 0.0345 e. The van der Waals surface area contributed by atoms with Crippen LogP contribution in [0.2, 0.25) is 0 Å². The van der Waals surface area contributed by atoms with Crippen LogP contribution in [0.5, 0.6) is 0 Å². The van der Waals surface area contributed by atoms with E-state index in [1.54, 1.807) is 0 Å². The van der Waals surface area contributed by atoms with E-state index in [-0.39, 0.29) is 0 Å². The predicted octanol–water partition coefficient (Wildman–Crippen LogP) is 4.18. The third-order valence-corrected chi connectivity index (χ3v) is 4.11. The van der Waals surface area contributed by atoms with Crippen molar-refractivity contribution in [2.45, 2.75) is 46.1 Å². The minimum absolute atomic E-state index is 0.628. The first-order valence-corrected chi connectivity index (χ1v) is 7.01. The van der Waals surface area contributed by atoms with Crippen molar-refractivity contribution < 1.29 is 0 Å². The summed E-state index contributed by atoms with van der Waals surface area (Å²) in [6, 6.07) is 9.72. The third kappa shape index (κ3) is 3.10. The molecule has 2 rings (SSSR count). The lowest BCUT2D eigenvalue weighted by Gasteiger charge is -2.36. The molecule has 0 aliphatic carbocycles. The predicted molar refractivity (Wildman–Crippen MR) is 74.2 cm³/mol. The van der Waals surface area contributed by atoms with Crippen LogP contribution in [0.1, 0.15) is 50.3 Å². The highest BCUT2D eigenvalue weighted by atomic mass is 15.2. The van der Waals surface area contributed by atoms with Gasteiger partial charge in [-0.25, -0.2) is 0 Å². The Morgan fingerprint density at radius 1 is 1.18 bits per heavy atom. The van der Waals surface area contributed by atoms with Gasteiger partial charge in [0, 0.05) is 6.04 Å². The van der Waals surface area contributed by atoms with Crippen LogP contribution in [-0.4, -0.2) is 18.0 Å². The van der Waals surface area contributed by atoms with Crippen molar-refractivity contribution in [3.63, 3.8) is 0 Å². The molecule has 0 amide bonds. The Kier molecular flexibility index (Phi) is 4.22. The summed E-state index contributed by atoms with van der Waals surface area (Å²) in [7, 11) is 0. The Hall–Kier alpha value is -0.820. The summed E-state index contributed by atoms with van der Waals surface area (Å²) < 4.78 is 0. The molecule has 0 bridgehead atoms. The van der Waals surface area contributed by atoms with E-state index in [1.807, 2.05) is 0 Å². The van der Waals surface area contributed by atoms with Gasteiger partial charge in [0.05, 0.1) is 0 Å². The molecule has 0 N–H and O–H groups in total. The van der Waals surface area contributed by atoms with Crippen molar-refractivity contribution in [3.8, 4) is 0 Å². The zero-order valence-electron chi connectivity index (χ0n) is 11.4. The van der Waals surface area contributed by atoms with Crippen LogP contribution >= 0.6 is 0 Å². The van der Waals surface area contributed by atoms with Crippen molar-refractivity contribution in [3.05, 3.63) is 35.4 Å². The molecule has 1 saturated heterocycles. The van der Waals surface area contributed by atoms with Gasteiger partial charge in [-0.1, -0.05) is 43.7 Å². The molecule has 1 fully saturated rings. The largest absolute Gasteiger partial charge is 0.296 e. The molecule has 1 heterocycles. The average molecular weight is 231 g/mol. The fourth-order valence-electron chi connectivity index (χ4n) is 2.83. The Bertz CT molecular complexity index is 333. The molecule has 0 radical (unpaired) electrons. The third-order valence-electron chi connectivity index (χ3n) is 4.11. The quantitative estimate of drug-likeness (QED) is 0.754. The van der Waals surface area contributed by atoms with Crippen LogP contribution in [0.25, 0.3) is 0 Å². The lowest BCUT2D eigenvalue weighted by Crippen LogP contribution is -2.35. The van der Waals surface area contributed by atoms with Crippen LogP contribution in [0, 0.1) is 12.8 Å². The van der Waals surface area contributed by atoms with Crippen LogP contribution in [0.15, 0.2) is 24.3 Å². The maximum absolute atomic E-state index is 2.67. The lowest BCUT2D eigenvalue weighted by molar-refractivity contribution is 0.134. The summed E-state index contributed by atoms with van der Waals surface area (Å²) >= 11 is 0. The maximum atomic E-state index is 2.67. The molecule has 0 spiro atoms. The summed E-state index contributed by atoms with van der Waals surface area (Å²) in [6.45, 7) is 9.39. The molecule has 1 nitrogen and oxygen atoms in total. The molecule has 1 aromatic rings. The highest BCUT2D eigenvalue weighted by Gasteiger charge is 2.22. The van der Waals surface area contributed by atoms with E-state index in [1.165, 1.54) is 43.5 Å². The second kappa shape index (κ2) is 5.68. The van der Waals surface area contributed by atoms with E-state index in [4.69, 9.17) is 0 Å². The van der Waals surface area contributed by atoms with E-state index in [9.17, 15) is 0 Å². The van der Waals surface area contributed by atoms with Gasteiger partial charge in [-0.3, -0.25) is 4.90 Å². The van der Waals surface area contributed by atoms with E-state index in [0.29, 0.717) is 6.04 Å². The summed E-state index contributed by atoms with van der Waals surface area (Å²) in [6.07, 6.45) is 3.95. The number of piperidine rings is 1. The highest BCUT2D eigenvalue weighted by molar-refractivity contribution is 5.24. The number of rotatable bonds is 3. The monoisotopic (exact) mass is 231 g/mol. The summed E-state index contributed by atoms with van der Waals surface area (Å²) in [5.74, 6) is 0.918. The van der Waals surface area contributed by atoms with Crippen LogP contribution < -0.4 is 0 Å². The van der Waals surface area contributed by atoms with Gasteiger partial charge in [-0.05, 0) is 50.8 Å². The number of hydrogen-bond donors (Lipinski definition) is 0. The van der Waals surface area contributed by atoms with Crippen LogP contribution in [-0.2, 0) is 0 Å². The van der Waals surface area contributed by atoms with Gasteiger partial charge in [-0.15, -0.1) is 0 Å². The molecule has 1 aliphatic rings. The molecule has 17 heavy (non-hydrogen) atoms. The SMILES string of the molecule is CCC(c1ccc(C)cc1)N1CCC(C)CC1. The van der Waals surface area contributed by atoms with E-state index >= 15 is 0 Å². The number of nitrogens with zero attached hydrogens (tertiary/aromatic N) is 1. The number of likely N-dealkylation sites (tertiary alicyclic amines) is 1. The summed E-state index contributed by atoms with van der Waals surface area (Å²) in [5, 5.41) is 0. The highest BCUT2D eigenvalue weighted by Crippen LogP contribution is 2.29. The Morgan fingerprint density at radius 2 is 1.76 bits per heavy atom. The molecule has 1 atom stereocenters. The fourth-order valence-corrected chi connectivity index (χ4v) is 2.83. The molecular weight excluding hydrogens is 206 g/mol. The fraction of sp³-hybridized carbons (Fsp3) is 0.625. The molecular formula is C16H25N. The maximum Gasteiger partial charge on any atom is 0.0345 e. The number of benzene rings is 1. The van der Waals surface area contributed by atoms with E-state index < -0.39 is 0 Å². The van der Waals surface area contributed by atoms with Crippen molar-refractivity contribution in [1.82, 2.24) is 4.90 Å². The average Bonchev–Trinajstić information content (AvgIpc) is 2.35. The topological polar surface area (TPSA) is 3.24 Å². The Morgan fingerprint density at radius 3 is 2.29 bits per heavy atom. The van der Waals surface area contributed by atoms with Gasteiger partial charge < -0.3 is 0 Å². The lowest BCUT2D eigenvalue weighted by atomic mass is 9.94. The Labute approximate surface area is 106 Å². The second-order valence-corrected chi connectivity index (χ2v) is 5.55. The van der Waals surface area contributed by atoms with Crippen LogP contribution in [0.3, 0.4) is 0 Å². The molecule has 1 aromatic carbocycles. The normalized spacial score (nSPS) is 20.4. The number of aryl methyl sites for hydroxylation is 1. The van der Waals surface area contributed by atoms with Crippen molar-refractivity contribution in [2.75, 3.05) is 13.1 Å². The van der Waals surface area contributed by atoms with Gasteiger partial charge >= 0.3 is 0 Å². The minimum Gasteiger partial charge on any atom is -0.296 e. The van der Waals surface area contributed by atoms with Gasteiger partial charge in [0.25, 0.3) is 0 Å². The molecule has 1 unspecified atom stereocenters. The van der Waals surface area contributed by atoms with Gasteiger partial charge in [0.1, 0.15) is 0 Å². The van der Waals surface area contributed by atoms with E-state index in [0.717, 1.165) is 5.92 Å².